The second-order valence-corrected chi connectivity index (χ2v) is 23.0. The Kier molecular flexibility index (Phi) is 12.3. The quantitative estimate of drug-likeness (QED) is 0.128. The Bertz CT molecular complexity index is 1740. The summed E-state index contributed by atoms with van der Waals surface area (Å²) in [6, 6.07) is 33.8. The van der Waals surface area contributed by atoms with Gasteiger partial charge in [0.2, 0.25) is 0 Å². The molecule has 3 heteroatoms. The second kappa shape index (κ2) is 16.3. The number of hydrogen-bond acceptors (Lipinski definition) is 0. The summed E-state index contributed by atoms with van der Waals surface area (Å²) < 4.78 is 3.38. The average molecular weight is 752 g/mol. The summed E-state index contributed by atoms with van der Waals surface area (Å²) in [5.41, 5.74) is 18.8. The zero-order valence-electron chi connectivity index (χ0n) is 31.3. The Hall–Kier alpha value is -2.35. The van der Waals surface area contributed by atoms with E-state index in [0.717, 1.165) is 21.3 Å². The van der Waals surface area contributed by atoms with E-state index in [4.69, 9.17) is 0 Å². The van der Waals surface area contributed by atoms with E-state index in [2.05, 4.69) is 125 Å². The van der Waals surface area contributed by atoms with Crippen LogP contribution >= 0.6 is 0 Å². The monoisotopic (exact) mass is 750 g/mol. The third kappa shape index (κ3) is 6.60. The molecule has 4 atom stereocenters. The van der Waals surface area contributed by atoms with Crippen molar-refractivity contribution in [3.8, 4) is 22.3 Å². The van der Waals surface area contributed by atoms with Gasteiger partial charge in [-0.05, 0) is 0 Å². The molecular weight excluding hydrogens is 695 g/mol. The van der Waals surface area contributed by atoms with Crippen LogP contribution in [-0.2, 0) is 29.4 Å². The van der Waals surface area contributed by atoms with Crippen molar-refractivity contribution in [3.63, 3.8) is 0 Å². The van der Waals surface area contributed by atoms with Crippen LogP contribution in [0.2, 0.25) is 8.45 Å². The van der Waals surface area contributed by atoms with Crippen molar-refractivity contribution in [1.29, 1.82) is 0 Å². The van der Waals surface area contributed by atoms with Crippen LogP contribution in [0, 0.1) is 0 Å². The number of rotatable bonds is 12. The van der Waals surface area contributed by atoms with Gasteiger partial charge in [0.15, 0.2) is 0 Å². The molecule has 0 aromatic heterocycles. The first-order chi connectivity index (χ1) is 24.1. The normalized spacial score (nSPS) is 22.7. The molecular formula is C48H56Cl2Ti. The smallest absolute Gasteiger partial charge is 1.00 e. The summed E-state index contributed by atoms with van der Waals surface area (Å²) in [7, 11) is 0. The molecule has 4 aromatic rings. The van der Waals surface area contributed by atoms with Crippen molar-refractivity contribution in [2.45, 2.75) is 122 Å². The van der Waals surface area contributed by atoms with Gasteiger partial charge in [-0.1, -0.05) is 0 Å². The van der Waals surface area contributed by atoms with E-state index in [9.17, 15) is 0 Å². The van der Waals surface area contributed by atoms with Gasteiger partial charge in [-0.2, -0.15) is 0 Å². The molecule has 0 bridgehead atoms. The maximum atomic E-state index is 2.74. The Morgan fingerprint density at radius 3 is 1.31 bits per heavy atom. The van der Waals surface area contributed by atoms with Crippen molar-refractivity contribution >= 4 is 12.2 Å². The minimum Gasteiger partial charge on any atom is -1.00 e. The van der Waals surface area contributed by atoms with E-state index >= 15 is 0 Å². The van der Waals surface area contributed by atoms with Crippen molar-refractivity contribution in [2.24, 2.45) is 0 Å². The molecule has 0 radical (unpaired) electrons. The van der Waals surface area contributed by atoms with Gasteiger partial charge in [-0.25, -0.2) is 0 Å². The molecule has 0 N–H and O–H groups in total. The van der Waals surface area contributed by atoms with Gasteiger partial charge in [0.05, 0.1) is 0 Å². The molecule has 1 aliphatic heterocycles. The summed E-state index contributed by atoms with van der Waals surface area (Å²) in [5.74, 6) is 0. The van der Waals surface area contributed by atoms with Gasteiger partial charge in [0, 0.05) is 0 Å². The van der Waals surface area contributed by atoms with Crippen LogP contribution in [-0.4, -0.2) is 0 Å². The van der Waals surface area contributed by atoms with Crippen LogP contribution in [0.4, 0.5) is 0 Å². The SMILES string of the molecule is CCCCC1=Cc2c(-c3ccc(CC)cc3)cccc2[CH]1[Ti+2]1([CH]2C(CCCC)=Cc3c(-c4ccc(CC)cc4)cccc32)[CH]2CCCC[CH]21.[Cl-].[Cl-]. The number of aryl methyl sites for hydroxylation is 2. The zero-order chi connectivity index (χ0) is 33.5. The summed E-state index contributed by atoms with van der Waals surface area (Å²) in [4.78, 5) is 0. The van der Waals surface area contributed by atoms with E-state index in [1.807, 2.05) is 11.1 Å². The molecule has 1 heterocycles. The predicted octanol–water partition coefficient (Wildman–Crippen LogP) is 8.43. The average Bonchev–Trinajstić information content (AvgIpc) is 3.43. The van der Waals surface area contributed by atoms with Crippen LogP contribution < -0.4 is 24.8 Å². The van der Waals surface area contributed by atoms with Crippen LogP contribution in [0.1, 0.15) is 134 Å². The molecule has 4 aromatic carbocycles. The molecule has 51 heavy (non-hydrogen) atoms. The molecule has 8 rings (SSSR count). The zero-order valence-corrected chi connectivity index (χ0v) is 34.4. The summed E-state index contributed by atoms with van der Waals surface area (Å²) >= 11 is -2.69. The molecule has 4 aliphatic rings. The molecule has 0 amide bonds. The van der Waals surface area contributed by atoms with Crippen LogP contribution in [0.5, 0.6) is 0 Å². The van der Waals surface area contributed by atoms with E-state index in [1.165, 1.54) is 97.6 Å². The molecule has 0 spiro atoms. The minimum absolute atomic E-state index is 0. The summed E-state index contributed by atoms with van der Waals surface area (Å²) in [5, 5.41) is 0. The van der Waals surface area contributed by atoms with Gasteiger partial charge < -0.3 is 24.8 Å². The van der Waals surface area contributed by atoms with E-state index in [1.54, 1.807) is 22.3 Å². The van der Waals surface area contributed by atoms with E-state index < -0.39 is 16.6 Å². The fraction of sp³-hybridized carbons (Fsp3) is 0.417. The number of benzene rings is 4. The fourth-order valence-electron chi connectivity index (χ4n) is 10.9. The topological polar surface area (TPSA) is 0 Å². The van der Waals surface area contributed by atoms with E-state index in [0.29, 0.717) is 8.45 Å². The van der Waals surface area contributed by atoms with Crippen LogP contribution in [0.3, 0.4) is 0 Å². The number of fused-ring (bicyclic) bond motifs is 3. The van der Waals surface area contributed by atoms with Gasteiger partial charge in [-0.3, -0.25) is 0 Å². The van der Waals surface area contributed by atoms with Crippen molar-refractivity contribution < 1.29 is 41.4 Å². The second-order valence-electron chi connectivity index (χ2n) is 15.7. The first-order valence-corrected chi connectivity index (χ1v) is 23.6. The van der Waals surface area contributed by atoms with Crippen molar-refractivity contribution in [1.82, 2.24) is 0 Å². The molecule has 1 saturated heterocycles. The third-order valence-electron chi connectivity index (χ3n) is 13.2. The van der Waals surface area contributed by atoms with Crippen LogP contribution in [0.15, 0.2) is 96.1 Å². The number of hydrogen-bond donors (Lipinski definition) is 0. The largest absolute Gasteiger partial charge is 1.00 e. The molecule has 266 valence electrons. The molecule has 1 saturated carbocycles. The Labute approximate surface area is 324 Å². The third-order valence-corrected chi connectivity index (χ3v) is 24.0. The molecule has 3 aliphatic carbocycles. The van der Waals surface area contributed by atoms with Gasteiger partial charge in [0.25, 0.3) is 0 Å². The molecule has 0 nitrogen and oxygen atoms in total. The first-order valence-electron chi connectivity index (χ1n) is 20.0. The van der Waals surface area contributed by atoms with Gasteiger partial charge in [-0.15, -0.1) is 0 Å². The Morgan fingerprint density at radius 1 is 0.529 bits per heavy atom. The van der Waals surface area contributed by atoms with Gasteiger partial charge in [0.1, 0.15) is 0 Å². The first kappa shape index (κ1) is 38.4. The number of unbranched alkanes of at least 4 members (excludes halogenated alkanes) is 2. The van der Waals surface area contributed by atoms with Crippen LogP contribution in [0.25, 0.3) is 34.4 Å². The standard InChI is InChI=1S/2C21H23.C6H10.2ClH.Ti/c2*1-3-5-7-17-14-19-8-6-9-20(21(19)15-17)18-12-10-16(4-2)11-13-18;1-2-4-6-5-3-1;;;/h2*6,8-15H,3-5,7H2,1-2H3;1-2H,3-6H2;2*1H;/q;;;;;+2/p-2. The van der Waals surface area contributed by atoms with Crippen molar-refractivity contribution in [2.75, 3.05) is 0 Å². The summed E-state index contributed by atoms with van der Waals surface area (Å²) in [6.07, 6.45) is 21.2. The minimum atomic E-state index is -2.69. The maximum absolute atomic E-state index is 2.74. The number of allylic oxidation sites excluding steroid dienone is 2. The summed E-state index contributed by atoms with van der Waals surface area (Å²) in [6.45, 7) is 9.30. The fourth-order valence-corrected chi connectivity index (χ4v) is 25.1. The van der Waals surface area contributed by atoms with E-state index in [-0.39, 0.29) is 24.8 Å². The molecule has 4 unspecified atom stereocenters. The Morgan fingerprint density at radius 2 is 0.941 bits per heavy atom. The van der Waals surface area contributed by atoms with Crippen molar-refractivity contribution in [3.05, 3.63) is 129 Å². The number of halogens is 2. The maximum Gasteiger partial charge on any atom is -1.00 e. The van der Waals surface area contributed by atoms with Gasteiger partial charge >= 0.3 is 302 Å². The molecule has 2 fully saturated rings. The predicted molar refractivity (Wildman–Crippen MR) is 209 cm³/mol. The Balaban J connectivity index is 0.00000224.